The molecule has 0 heterocycles. The summed E-state index contributed by atoms with van der Waals surface area (Å²) in [6.45, 7) is 4.82. The molecular weight excluding hydrogens is 629 g/mol. The van der Waals surface area contributed by atoms with Crippen molar-refractivity contribution >= 4 is 61.4 Å². The van der Waals surface area contributed by atoms with Gasteiger partial charge in [-0.05, 0) is 120 Å². The van der Waals surface area contributed by atoms with Gasteiger partial charge in [-0.15, -0.1) is 0 Å². The van der Waals surface area contributed by atoms with E-state index in [1.54, 1.807) is 0 Å². The molecule has 250 valence electrons. The van der Waals surface area contributed by atoms with Gasteiger partial charge >= 0.3 is 0 Å². The van der Waals surface area contributed by atoms with E-state index in [0.29, 0.717) is 0 Å². The minimum absolute atomic E-state index is 0.793. The van der Waals surface area contributed by atoms with Gasteiger partial charge in [0.2, 0.25) is 0 Å². The number of anilines is 1. The average Bonchev–Trinajstić information content (AvgIpc) is 3.21. The summed E-state index contributed by atoms with van der Waals surface area (Å²) in [6, 6.07) is 44.3. The molecule has 7 aromatic carbocycles. The lowest BCUT2D eigenvalue weighted by molar-refractivity contribution is 1.12. The van der Waals surface area contributed by atoms with Crippen molar-refractivity contribution in [1.82, 2.24) is 0 Å². The molecule has 0 bridgehead atoms. The van der Waals surface area contributed by atoms with Gasteiger partial charge in [0.1, 0.15) is 0 Å². The van der Waals surface area contributed by atoms with Crippen molar-refractivity contribution < 1.29 is 0 Å². The van der Waals surface area contributed by atoms with Gasteiger partial charge in [0.25, 0.3) is 0 Å². The van der Waals surface area contributed by atoms with Crippen LogP contribution in [-0.4, -0.2) is 7.05 Å². The van der Waals surface area contributed by atoms with Crippen molar-refractivity contribution in [2.45, 2.75) is 19.3 Å². The number of allylic oxidation sites excluding steroid dienone is 5. The van der Waals surface area contributed by atoms with Crippen LogP contribution in [-0.2, 0) is 0 Å². The number of hydrogen-bond acceptors (Lipinski definition) is 2. The summed E-state index contributed by atoms with van der Waals surface area (Å²) >= 11 is 0. The average molecular weight is 669 g/mol. The Morgan fingerprint density at radius 3 is 1.94 bits per heavy atom. The van der Waals surface area contributed by atoms with Gasteiger partial charge in [-0.3, -0.25) is 0 Å². The number of rotatable bonds is 6. The van der Waals surface area contributed by atoms with Crippen LogP contribution in [0.2, 0.25) is 0 Å². The summed E-state index contributed by atoms with van der Waals surface area (Å²) < 4.78 is 0. The molecule has 2 aliphatic rings. The molecule has 0 unspecified atom stereocenters. The SMILES string of the molecule is C=C(c1cc(-c2c3c(cc4ccccc24)=CCCC=3)cc(-c2c3ccccc3c(NC)c3ccccc23)c1)c1ccccc1/C(N)=C1/C=CC=CC1. The van der Waals surface area contributed by atoms with E-state index < -0.39 is 0 Å². The van der Waals surface area contributed by atoms with Gasteiger partial charge in [0.15, 0.2) is 0 Å². The number of hydrogen-bond donors (Lipinski definition) is 2. The van der Waals surface area contributed by atoms with E-state index in [4.69, 9.17) is 12.3 Å². The smallest absolute Gasteiger partial charge is 0.0497 e. The van der Waals surface area contributed by atoms with Gasteiger partial charge in [0, 0.05) is 34.8 Å². The lowest BCUT2D eigenvalue weighted by Crippen LogP contribution is -2.29. The molecule has 0 amide bonds. The summed E-state index contributed by atoms with van der Waals surface area (Å²) in [6.07, 6.45) is 16.1. The topological polar surface area (TPSA) is 38.0 Å². The lowest BCUT2D eigenvalue weighted by atomic mass is 9.84. The predicted octanol–water partition coefficient (Wildman–Crippen LogP) is 11.1. The molecule has 2 nitrogen and oxygen atoms in total. The lowest BCUT2D eigenvalue weighted by Gasteiger charge is -2.21. The van der Waals surface area contributed by atoms with Crippen LogP contribution in [0.4, 0.5) is 5.69 Å². The van der Waals surface area contributed by atoms with Gasteiger partial charge in [-0.1, -0.05) is 140 Å². The minimum Gasteiger partial charge on any atom is -0.398 e. The second-order valence-corrected chi connectivity index (χ2v) is 13.8. The van der Waals surface area contributed by atoms with E-state index in [1.807, 2.05) is 7.05 Å². The van der Waals surface area contributed by atoms with Crippen molar-refractivity contribution in [3.8, 4) is 22.3 Å². The highest BCUT2D eigenvalue weighted by Crippen LogP contribution is 2.44. The third kappa shape index (κ3) is 5.27. The molecule has 52 heavy (non-hydrogen) atoms. The first-order chi connectivity index (χ1) is 25.6. The van der Waals surface area contributed by atoms with E-state index >= 15 is 0 Å². The van der Waals surface area contributed by atoms with E-state index in [1.165, 1.54) is 59.4 Å². The Morgan fingerprint density at radius 1 is 0.635 bits per heavy atom. The molecule has 0 saturated carbocycles. The third-order valence-corrected chi connectivity index (χ3v) is 10.8. The maximum atomic E-state index is 6.96. The van der Waals surface area contributed by atoms with Crippen molar-refractivity contribution in [3.05, 3.63) is 185 Å². The van der Waals surface area contributed by atoms with Gasteiger partial charge in [0.05, 0.1) is 0 Å². The summed E-state index contributed by atoms with van der Waals surface area (Å²) in [4.78, 5) is 0. The van der Waals surface area contributed by atoms with Crippen molar-refractivity contribution in [3.63, 3.8) is 0 Å². The monoisotopic (exact) mass is 668 g/mol. The Labute approximate surface area is 304 Å². The molecule has 0 atom stereocenters. The first-order valence-electron chi connectivity index (χ1n) is 18.2. The molecule has 0 saturated heterocycles. The number of benzene rings is 7. The second kappa shape index (κ2) is 13.1. The molecule has 7 aromatic rings. The first kappa shape index (κ1) is 31.6. The Hall–Kier alpha value is -6.38. The fourth-order valence-corrected chi connectivity index (χ4v) is 8.37. The molecule has 9 rings (SSSR count). The van der Waals surface area contributed by atoms with Crippen molar-refractivity contribution in [2.75, 3.05) is 12.4 Å². The first-order valence-corrected chi connectivity index (χ1v) is 18.2. The molecular formula is C50H40N2. The van der Waals surface area contributed by atoms with Gasteiger partial charge < -0.3 is 11.1 Å². The zero-order chi connectivity index (χ0) is 35.2. The van der Waals surface area contributed by atoms with E-state index in [2.05, 4.69) is 163 Å². The Kier molecular flexibility index (Phi) is 7.94. The molecule has 2 aliphatic carbocycles. The molecule has 3 N–H and O–H groups in total. The zero-order valence-corrected chi connectivity index (χ0v) is 29.4. The number of nitrogens with two attached hydrogens (primary N) is 1. The Morgan fingerprint density at radius 2 is 1.25 bits per heavy atom. The van der Waals surface area contributed by atoms with Gasteiger partial charge in [-0.2, -0.15) is 0 Å². The molecule has 0 spiro atoms. The largest absolute Gasteiger partial charge is 0.398 e. The maximum absolute atomic E-state index is 6.96. The fraction of sp³-hybridized carbons (Fsp3) is 0.0800. The molecule has 0 aliphatic heterocycles. The Balaban J connectivity index is 1.38. The Bertz CT molecular complexity index is 2770. The van der Waals surface area contributed by atoms with E-state index in [0.717, 1.165) is 64.0 Å². The highest BCUT2D eigenvalue weighted by molar-refractivity contribution is 6.21. The summed E-state index contributed by atoms with van der Waals surface area (Å²) in [5.74, 6) is 0. The van der Waals surface area contributed by atoms with Crippen LogP contribution in [0, 0.1) is 0 Å². The highest BCUT2D eigenvalue weighted by atomic mass is 14.8. The molecule has 0 radical (unpaired) electrons. The standard InChI is InChI=1S/C50H40N2/c1-32(39-20-10-13-25-44(39)49(51)33-16-4-3-5-17-33)36-29-37(47-40-21-8-6-18-34(40)28-35-19-7-9-22-41(35)47)31-38(30-36)48-42-23-11-14-26-45(42)50(52-2)46-27-15-12-24-43(46)48/h3-6,8,10-16,18-31,52H,1,7,9,17,51H2,2H3/b49-33+. The summed E-state index contributed by atoms with van der Waals surface area (Å²) in [5.41, 5.74) is 18.9. The van der Waals surface area contributed by atoms with E-state index in [-0.39, 0.29) is 0 Å². The minimum atomic E-state index is 0.793. The number of nitrogens with one attached hydrogen (secondary N) is 1. The van der Waals surface area contributed by atoms with Crippen molar-refractivity contribution in [1.29, 1.82) is 0 Å². The quantitative estimate of drug-likeness (QED) is 0.173. The van der Waals surface area contributed by atoms with Crippen LogP contribution >= 0.6 is 0 Å². The summed E-state index contributed by atoms with van der Waals surface area (Å²) in [5, 5.41) is 13.5. The molecule has 0 fully saturated rings. The highest BCUT2D eigenvalue weighted by Gasteiger charge is 2.20. The zero-order valence-electron chi connectivity index (χ0n) is 29.4. The van der Waals surface area contributed by atoms with Crippen LogP contribution in [0.25, 0.3) is 78.0 Å². The molecule has 0 aromatic heterocycles. The third-order valence-electron chi connectivity index (χ3n) is 10.8. The van der Waals surface area contributed by atoms with Crippen molar-refractivity contribution in [2.24, 2.45) is 5.73 Å². The van der Waals surface area contributed by atoms with Crippen LogP contribution in [0.15, 0.2) is 158 Å². The fourth-order valence-electron chi connectivity index (χ4n) is 8.37. The molecule has 2 heteroatoms. The van der Waals surface area contributed by atoms with E-state index in [9.17, 15) is 0 Å². The second-order valence-electron chi connectivity index (χ2n) is 13.8. The maximum Gasteiger partial charge on any atom is 0.0497 e. The van der Waals surface area contributed by atoms with Gasteiger partial charge in [-0.25, -0.2) is 0 Å². The van der Waals surface area contributed by atoms with Crippen LogP contribution in [0.3, 0.4) is 0 Å². The van der Waals surface area contributed by atoms with Crippen LogP contribution in [0.1, 0.15) is 36.0 Å². The van der Waals surface area contributed by atoms with Crippen LogP contribution < -0.4 is 21.5 Å². The summed E-state index contributed by atoms with van der Waals surface area (Å²) in [7, 11) is 2.02. The predicted molar refractivity (Wildman–Crippen MR) is 225 cm³/mol. The number of fused-ring (bicyclic) bond motifs is 4. The van der Waals surface area contributed by atoms with Crippen LogP contribution in [0.5, 0.6) is 0 Å². The normalized spacial score (nSPS) is 14.6.